The van der Waals surface area contributed by atoms with Crippen LogP contribution in [-0.4, -0.2) is 78.5 Å². The molecule has 0 aromatic rings. The van der Waals surface area contributed by atoms with Gasteiger partial charge in [0.1, 0.15) is 18.3 Å². The van der Waals surface area contributed by atoms with Crippen molar-refractivity contribution in [2.75, 3.05) is 32.9 Å². The van der Waals surface area contributed by atoms with Gasteiger partial charge >= 0.3 is 6.09 Å². The van der Waals surface area contributed by atoms with Gasteiger partial charge in [-0.05, 0) is 40.0 Å². The first-order valence-corrected chi connectivity index (χ1v) is 8.83. The Balaban J connectivity index is 1.59. The predicted octanol–water partition coefficient (Wildman–Crippen LogP) is 1.40. The average molecular weight is 340 g/mol. The minimum Gasteiger partial charge on any atom is -0.444 e. The molecule has 0 radical (unpaired) electrons. The maximum atomic E-state index is 12.4. The Bertz CT molecular complexity index is 482. The Morgan fingerprint density at radius 2 is 1.92 bits per heavy atom. The van der Waals surface area contributed by atoms with Crippen molar-refractivity contribution in [2.45, 2.75) is 63.8 Å². The number of piperidine rings is 1. The molecule has 7 nitrogen and oxygen atoms in total. The SMILES string of the molecule is CC(C)(C)OC(=O)N1CCC(N2C(=O)COC3COCCC32)CC1. The van der Waals surface area contributed by atoms with Gasteiger partial charge in [0, 0.05) is 25.7 Å². The monoisotopic (exact) mass is 340 g/mol. The van der Waals surface area contributed by atoms with Gasteiger partial charge in [0.15, 0.2) is 0 Å². The zero-order chi connectivity index (χ0) is 17.3. The quantitative estimate of drug-likeness (QED) is 0.722. The van der Waals surface area contributed by atoms with Gasteiger partial charge in [0.25, 0.3) is 0 Å². The van der Waals surface area contributed by atoms with Crippen LogP contribution in [0.2, 0.25) is 0 Å². The highest BCUT2D eigenvalue weighted by atomic mass is 16.6. The predicted molar refractivity (Wildman–Crippen MR) is 86.6 cm³/mol. The van der Waals surface area contributed by atoms with Gasteiger partial charge < -0.3 is 24.0 Å². The first-order valence-electron chi connectivity index (χ1n) is 8.83. The van der Waals surface area contributed by atoms with Crippen LogP contribution in [-0.2, 0) is 19.0 Å². The summed E-state index contributed by atoms with van der Waals surface area (Å²) in [5.41, 5.74) is -0.483. The summed E-state index contributed by atoms with van der Waals surface area (Å²) in [7, 11) is 0. The molecular weight excluding hydrogens is 312 g/mol. The van der Waals surface area contributed by atoms with Gasteiger partial charge in [-0.2, -0.15) is 0 Å². The lowest BCUT2D eigenvalue weighted by Crippen LogP contribution is -2.62. The fourth-order valence-electron chi connectivity index (χ4n) is 3.74. The fraction of sp³-hybridized carbons (Fsp3) is 0.882. The molecular formula is C17H28N2O5. The van der Waals surface area contributed by atoms with E-state index in [9.17, 15) is 9.59 Å². The van der Waals surface area contributed by atoms with E-state index in [0.717, 1.165) is 19.3 Å². The summed E-state index contributed by atoms with van der Waals surface area (Å²) >= 11 is 0. The van der Waals surface area contributed by atoms with Crippen LogP contribution in [0, 0.1) is 0 Å². The highest BCUT2D eigenvalue weighted by Gasteiger charge is 2.43. The molecule has 3 aliphatic rings. The summed E-state index contributed by atoms with van der Waals surface area (Å²) in [6.45, 7) is 8.23. The molecule has 3 fully saturated rings. The van der Waals surface area contributed by atoms with Crippen LogP contribution in [0.25, 0.3) is 0 Å². The van der Waals surface area contributed by atoms with E-state index in [1.165, 1.54) is 0 Å². The lowest BCUT2D eigenvalue weighted by atomic mass is 9.95. The van der Waals surface area contributed by atoms with Crippen LogP contribution in [0.5, 0.6) is 0 Å². The third kappa shape index (κ3) is 3.83. The van der Waals surface area contributed by atoms with Crippen LogP contribution in [0.15, 0.2) is 0 Å². The topological polar surface area (TPSA) is 68.3 Å². The van der Waals surface area contributed by atoms with Gasteiger partial charge in [0.2, 0.25) is 5.91 Å². The third-order valence-electron chi connectivity index (χ3n) is 4.84. The van der Waals surface area contributed by atoms with Crippen LogP contribution in [0.4, 0.5) is 4.79 Å². The fourth-order valence-corrected chi connectivity index (χ4v) is 3.74. The van der Waals surface area contributed by atoms with E-state index in [0.29, 0.717) is 26.3 Å². The molecule has 0 N–H and O–H groups in total. The maximum Gasteiger partial charge on any atom is 0.410 e. The van der Waals surface area contributed by atoms with Crippen molar-refractivity contribution >= 4 is 12.0 Å². The number of carbonyl (C=O) groups is 2. The first-order chi connectivity index (χ1) is 11.3. The minimum atomic E-state index is -0.483. The number of carbonyl (C=O) groups excluding carboxylic acids is 2. The van der Waals surface area contributed by atoms with E-state index in [-0.39, 0.29) is 36.8 Å². The van der Waals surface area contributed by atoms with E-state index in [1.54, 1.807) is 4.90 Å². The van der Waals surface area contributed by atoms with Crippen molar-refractivity contribution in [3.63, 3.8) is 0 Å². The number of morpholine rings is 1. The van der Waals surface area contributed by atoms with Crippen molar-refractivity contribution in [3.8, 4) is 0 Å². The molecule has 2 amide bonds. The van der Waals surface area contributed by atoms with Crippen LogP contribution >= 0.6 is 0 Å². The Labute approximate surface area is 143 Å². The van der Waals surface area contributed by atoms with Crippen LogP contribution < -0.4 is 0 Å². The number of likely N-dealkylation sites (tertiary alicyclic amines) is 1. The summed E-state index contributed by atoms with van der Waals surface area (Å²) in [4.78, 5) is 28.3. The van der Waals surface area contributed by atoms with Gasteiger partial charge in [0.05, 0.1) is 12.6 Å². The smallest absolute Gasteiger partial charge is 0.410 e. The minimum absolute atomic E-state index is 0.0136. The van der Waals surface area contributed by atoms with Gasteiger partial charge in [-0.15, -0.1) is 0 Å². The summed E-state index contributed by atoms with van der Waals surface area (Å²) in [6, 6.07) is 0.281. The second kappa shape index (κ2) is 6.88. The molecule has 24 heavy (non-hydrogen) atoms. The number of hydrogen-bond acceptors (Lipinski definition) is 5. The normalized spacial score (nSPS) is 29.4. The molecule has 3 saturated heterocycles. The molecule has 0 saturated carbocycles. The third-order valence-corrected chi connectivity index (χ3v) is 4.84. The number of ether oxygens (including phenoxy) is 3. The second-order valence-corrected chi connectivity index (χ2v) is 7.78. The Hall–Kier alpha value is -1.34. The van der Waals surface area contributed by atoms with E-state index < -0.39 is 5.60 Å². The molecule has 0 aromatic heterocycles. The van der Waals surface area contributed by atoms with Gasteiger partial charge in [-0.25, -0.2) is 4.79 Å². The number of rotatable bonds is 1. The van der Waals surface area contributed by atoms with Crippen LogP contribution in [0.3, 0.4) is 0 Å². The Morgan fingerprint density at radius 1 is 1.21 bits per heavy atom. The summed E-state index contributed by atoms with van der Waals surface area (Å²) in [5, 5.41) is 0. The highest BCUT2D eigenvalue weighted by Crippen LogP contribution is 2.29. The largest absolute Gasteiger partial charge is 0.444 e. The summed E-state index contributed by atoms with van der Waals surface area (Å²) in [6.07, 6.45) is 2.12. The first kappa shape index (κ1) is 17.5. The van der Waals surface area contributed by atoms with Gasteiger partial charge in [-0.3, -0.25) is 4.79 Å². The summed E-state index contributed by atoms with van der Waals surface area (Å²) < 4.78 is 16.5. The van der Waals surface area contributed by atoms with Crippen molar-refractivity contribution < 1.29 is 23.8 Å². The average Bonchev–Trinajstić information content (AvgIpc) is 2.53. The Morgan fingerprint density at radius 3 is 2.58 bits per heavy atom. The maximum absolute atomic E-state index is 12.4. The highest BCUT2D eigenvalue weighted by molar-refractivity contribution is 5.79. The van der Waals surface area contributed by atoms with E-state index in [4.69, 9.17) is 14.2 Å². The molecule has 0 aromatic carbocycles. The molecule has 3 rings (SSSR count). The molecule has 7 heteroatoms. The zero-order valence-electron chi connectivity index (χ0n) is 14.8. The van der Waals surface area contributed by atoms with Crippen molar-refractivity contribution in [1.82, 2.24) is 9.80 Å². The molecule has 3 aliphatic heterocycles. The lowest BCUT2D eigenvalue weighted by Gasteiger charge is -2.48. The molecule has 2 unspecified atom stereocenters. The number of hydrogen-bond donors (Lipinski definition) is 0. The number of fused-ring (bicyclic) bond motifs is 1. The van der Waals surface area contributed by atoms with E-state index in [2.05, 4.69) is 0 Å². The van der Waals surface area contributed by atoms with Crippen LogP contribution in [0.1, 0.15) is 40.0 Å². The van der Waals surface area contributed by atoms with Crippen molar-refractivity contribution in [2.24, 2.45) is 0 Å². The molecule has 0 spiro atoms. The lowest BCUT2D eigenvalue weighted by molar-refractivity contribution is -0.178. The van der Waals surface area contributed by atoms with Crippen molar-refractivity contribution in [3.05, 3.63) is 0 Å². The molecule has 3 heterocycles. The number of amides is 2. The molecule has 2 atom stereocenters. The molecule has 0 aliphatic carbocycles. The Kier molecular flexibility index (Phi) is 5.01. The molecule has 136 valence electrons. The van der Waals surface area contributed by atoms with E-state index in [1.807, 2.05) is 25.7 Å². The molecule has 0 bridgehead atoms. The van der Waals surface area contributed by atoms with E-state index >= 15 is 0 Å². The van der Waals surface area contributed by atoms with Gasteiger partial charge in [-0.1, -0.05) is 0 Å². The van der Waals surface area contributed by atoms with Crippen molar-refractivity contribution in [1.29, 1.82) is 0 Å². The standard InChI is InChI=1S/C17H28N2O5/c1-17(2,3)24-16(21)18-7-4-12(5-8-18)19-13-6-9-22-10-14(13)23-11-15(19)20/h12-14H,4-11H2,1-3H3. The number of nitrogens with zero attached hydrogens (tertiary/aromatic N) is 2. The second-order valence-electron chi connectivity index (χ2n) is 7.78. The summed E-state index contributed by atoms with van der Waals surface area (Å²) in [5.74, 6) is 0.0638. The zero-order valence-corrected chi connectivity index (χ0v) is 14.8.